The normalized spacial score (nSPS) is 14.1. The van der Waals surface area contributed by atoms with Crippen LogP contribution >= 0.6 is 0 Å². The van der Waals surface area contributed by atoms with Crippen molar-refractivity contribution in [2.45, 2.75) is 13.2 Å². The fourth-order valence-electron chi connectivity index (χ4n) is 3.77. The molecule has 0 atom stereocenters. The Bertz CT molecular complexity index is 1270. The highest BCUT2D eigenvalue weighted by atomic mass is 16.5. The average molecular weight is 382 g/mol. The molecule has 0 unspecified atom stereocenters. The number of carbonyl (C=O) groups is 1. The fraction of sp³-hybridized carbons (Fsp3) is 0.0833. The average Bonchev–Trinajstić information content (AvgIpc) is 3.09. The number of ether oxygens (including phenoxy) is 1. The van der Waals surface area contributed by atoms with Crippen LogP contribution in [0.4, 0.5) is 0 Å². The molecule has 4 aromatic rings. The van der Waals surface area contributed by atoms with E-state index < -0.39 is 5.97 Å². The number of imidazole rings is 1. The third kappa shape index (κ3) is 3.06. The Kier molecular flexibility index (Phi) is 4.13. The number of para-hydroxylation sites is 2. The second-order valence-electron chi connectivity index (χ2n) is 6.97. The molecule has 0 spiro atoms. The van der Waals surface area contributed by atoms with Gasteiger partial charge in [0.1, 0.15) is 12.4 Å². The lowest BCUT2D eigenvalue weighted by molar-refractivity contribution is 0.0697. The zero-order valence-electron chi connectivity index (χ0n) is 15.6. The number of hydrogen-bond acceptors (Lipinski definition) is 3. The molecule has 0 saturated heterocycles. The fourth-order valence-corrected chi connectivity index (χ4v) is 3.77. The lowest BCUT2D eigenvalue weighted by atomic mass is 9.93. The van der Waals surface area contributed by atoms with Crippen molar-refractivity contribution in [3.63, 3.8) is 0 Å². The molecule has 1 aromatic heterocycles. The van der Waals surface area contributed by atoms with Crippen LogP contribution in [0.1, 0.15) is 27.0 Å². The van der Waals surface area contributed by atoms with Crippen molar-refractivity contribution in [1.82, 2.24) is 9.55 Å². The minimum atomic E-state index is -0.953. The standard InChI is InChI=1S/C24H18N2O3/c27-24(28)16-9-10-23-20(13-16)19(18-6-2-1-5-17(18)14-29-23)11-12-26-15-25-21-7-3-4-8-22(21)26/h1-11,13,15H,12,14H2,(H,27,28)/b19-11-. The maximum absolute atomic E-state index is 11.5. The molecule has 0 fully saturated rings. The second kappa shape index (κ2) is 6.95. The Morgan fingerprint density at radius 3 is 2.79 bits per heavy atom. The molecule has 0 radical (unpaired) electrons. The first-order valence-corrected chi connectivity index (χ1v) is 9.39. The first kappa shape index (κ1) is 17.3. The number of nitrogens with zero attached hydrogens (tertiary/aromatic N) is 2. The Hall–Kier alpha value is -3.86. The lowest BCUT2D eigenvalue weighted by Crippen LogP contribution is -2.00. The predicted octanol–water partition coefficient (Wildman–Crippen LogP) is 4.76. The molecule has 1 N–H and O–H groups in total. The van der Waals surface area contributed by atoms with E-state index in [4.69, 9.17) is 4.74 Å². The molecule has 1 aliphatic heterocycles. The molecule has 3 aromatic carbocycles. The summed E-state index contributed by atoms with van der Waals surface area (Å²) in [7, 11) is 0. The first-order valence-electron chi connectivity index (χ1n) is 9.39. The van der Waals surface area contributed by atoms with Gasteiger partial charge in [0.05, 0.1) is 22.9 Å². The van der Waals surface area contributed by atoms with Crippen LogP contribution in [0.2, 0.25) is 0 Å². The van der Waals surface area contributed by atoms with E-state index in [1.807, 2.05) is 48.8 Å². The van der Waals surface area contributed by atoms with Crippen molar-refractivity contribution in [3.8, 4) is 5.75 Å². The molecule has 29 heavy (non-hydrogen) atoms. The third-order valence-electron chi connectivity index (χ3n) is 5.23. The molecule has 2 heterocycles. The third-order valence-corrected chi connectivity index (χ3v) is 5.23. The van der Waals surface area contributed by atoms with Gasteiger partial charge in [0.2, 0.25) is 0 Å². The van der Waals surface area contributed by atoms with Crippen molar-refractivity contribution >= 4 is 22.6 Å². The highest BCUT2D eigenvalue weighted by Gasteiger charge is 2.20. The van der Waals surface area contributed by atoms with E-state index in [0.29, 0.717) is 18.9 Å². The van der Waals surface area contributed by atoms with Crippen molar-refractivity contribution in [3.05, 3.63) is 101 Å². The number of aromatic nitrogens is 2. The number of carboxylic acids is 1. The SMILES string of the molecule is O=C(O)c1ccc2c(c1)/C(=C\Cn1cnc3ccccc31)c1ccccc1CO2. The van der Waals surface area contributed by atoms with Gasteiger partial charge in [0, 0.05) is 12.1 Å². The van der Waals surface area contributed by atoms with Crippen LogP contribution in [0.15, 0.2) is 79.1 Å². The molecule has 142 valence electrons. The largest absolute Gasteiger partial charge is 0.488 e. The summed E-state index contributed by atoms with van der Waals surface area (Å²) < 4.78 is 8.08. The van der Waals surface area contributed by atoms with Crippen LogP contribution in [0.25, 0.3) is 16.6 Å². The van der Waals surface area contributed by atoms with E-state index in [0.717, 1.165) is 33.3 Å². The van der Waals surface area contributed by atoms with Crippen LogP contribution in [-0.2, 0) is 13.2 Å². The number of carboxylic acid groups (broad SMARTS) is 1. The minimum Gasteiger partial charge on any atom is -0.488 e. The topological polar surface area (TPSA) is 64.3 Å². The number of rotatable bonds is 3. The van der Waals surface area contributed by atoms with Crippen LogP contribution < -0.4 is 4.74 Å². The van der Waals surface area contributed by atoms with Gasteiger partial charge in [-0.2, -0.15) is 0 Å². The van der Waals surface area contributed by atoms with Gasteiger partial charge in [0.25, 0.3) is 0 Å². The van der Waals surface area contributed by atoms with Gasteiger partial charge in [-0.1, -0.05) is 42.5 Å². The zero-order chi connectivity index (χ0) is 19.8. The second-order valence-corrected chi connectivity index (χ2v) is 6.97. The Balaban J connectivity index is 1.66. The summed E-state index contributed by atoms with van der Waals surface area (Å²) in [5.74, 6) is -0.266. The number of benzene rings is 3. The summed E-state index contributed by atoms with van der Waals surface area (Å²) in [4.78, 5) is 16.0. The molecular weight excluding hydrogens is 364 g/mol. The van der Waals surface area contributed by atoms with E-state index in [-0.39, 0.29) is 5.56 Å². The van der Waals surface area contributed by atoms with E-state index in [1.165, 1.54) is 0 Å². The van der Waals surface area contributed by atoms with E-state index in [2.05, 4.69) is 21.7 Å². The van der Waals surface area contributed by atoms with Crippen LogP contribution in [-0.4, -0.2) is 20.6 Å². The van der Waals surface area contributed by atoms with Crippen molar-refractivity contribution in [1.29, 1.82) is 0 Å². The number of aromatic carboxylic acids is 1. The number of hydrogen-bond donors (Lipinski definition) is 1. The number of fused-ring (bicyclic) bond motifs is 3. The van der Waals surface area contributed by atoms with Gasteiger partial charge in [-0.25, -0.2) is 9.78 Å². The summed E-state index contributed by atoms with van der Waals surface area (Å²) in [5, 5.41) is 9.46. The summed E-state index contributed by atoms with van der Waals surface area (Å²) >= 11 is 0. The summed E-state index contributed by atoms with van der Waals surface area (Å²) in [6, 6.07) is 21.1. The van der Waals surface area contributed by atoms with Gasteiger partial charge in [-0.15, -0.1) is 0 Å². The van der Waals surface area contributed by atoms with E-state index in [9.17, 15) is 9.90 Å². The van der Waals surface area contributed by atoms with Crippen LogP contribution in [0.3, 0.4) is 0 Å². The molecule has 0 aliphatic carbocycles. The molecule has 0 amide bonds. The quantitative estimate of drug-likeness (QED) is 0.555. The Labute approximate surface area is 167 Å². The zero-order valence-corrected chi connectivity index (χ0v) is 15.6. The molecule has 0 saturated carbocycles. The predicted molar refractivity (Wildman–Crippen MR) is 111 cm³/mol. The summed E-state index contributed by atoms with van der Waals surface area (Å²) in [5.41, 5.74) is 6.13. The Morgan fingerprint density at radius 1 is 1.07 bits per heavy atom. The Morgan fingerprint density at radius 2 is 1.90 bits per heavy atom. The molecule has 5 nitrogen and oxygen atoms in total. The van der Waals surface area contributed by atoms with Crippen molar-refractivity contribution in [2.75, 3.05) is 0 Å². The minimum absolute atomic E-state index is 0.241. The van der Waals surface area contributed by atoms with Gasteiger partial charge in [0.15, 0.2) is 0 Å². The van der Waals surface area contributed by atoms with Crippen molar-refractivity contribution in [2.24, 2.45) is 0 Å². The van der Waals surface area contributed by atoms with Gasteiger partial charge < -0.3 is 14.4 Å². The van der Waals surface area contributed by atoms with Gasteiger partial charge >= 0.3 is 5.97 Å². The summed E-state index contributed by atoms with van der Waals surface area (Å²) in [6.45, 7) is 1.06. The van der Waals surface area contributed by atoms with Gasteiger partial charge in [-0.3, -0.25) is 0 Å². The maximum atomic E-state index is 11.5. The van der Waals surface area contributed by atoms with E-state index >= 15 is 0 Å². The lowest BCUT2D eigenvalue weighted by Gasteiger charge is -2.12. The molecule has 1 aliphatic rings. The highest BCUT2D eigenvalue weighted by Crippen LogP contribution is 2.37. The monoisotopic (exact) mass is 382 g/mol. The van der Waals surface area contributed by atoms with Crippen LogP contribution in [0.5, 0.6) is 5.75 Å². The summed E-state index contributed by atoms with van der Waals surface area (Å²) in [6.07, 6.45) is 3.95. The molecule has 0 bridgehead atoms. The molecule has 5 rings (SSSR count). The number of allylic oxidation sites excluding steroid dienone is 1. The van der Waals surface area contributed by atoms with Crippen molar-refractivity contribution < 1.29 is 14.6 Å². The highest BCUT2D eigenvalue weighted by molar-refractivity contribution is 5.92. The molecular formula is C24H18N2O3. The van der Waals surface area contributed by atoms with Crippen LogP contribution in [0, 0.1) is 0 Å². The maximum Gasteiger partial charge on any atom is 0.335 e. The molecule has 5 heteroatoms. The van der Waals surface area contributed by atoms with Gasteiger partial charge in [-0.05, 0) is 47.0 Å². The van der Waals surface area contributed by atoms with E-state index in [1.54, 1.807) is 18.2 Å². The smallest absolute Gasteiger partial charge is 0.335 e. The first-order chi connectivity index (χ1) is 14.2.